The molecule has 72 valence electrons. The molecule has 1 aromatic carbocycles. The van der Waals surface area contributed by atoms with E-state index in [0.717, 1.165) is 0 Å². The first-order chi connectivity index (χ1) is 6.06. The average molecular weight is 308 g/mol. The van der Waals surface area contributed by atoms with Gasteiger partial charge in [0.05, 0.1) is 16.5 Å². The Balaban J connectivity index is 0.00000169. The van der Waals surface area contributed by atoms with Gasteiger partial charge >= 0.3 is 29.6 Å². The van der Waals surface area contributed by atoms with Gasteiger partial charge in [0.1, 0.15) is 5.75 Å². The molecule has 0 amide bonds. The molecule has 3 nitrogen and oxygen atoms in total. The predicted octanol–water partition coefficient (Wildman–Crippen LogP) is -0.647. The second-order valence-corrected chi connectivity index (χ2v) is 4.35. The molecule has 0 aliphatic carbocycles. The van der Waals surface area contributed by atoms with E-state index in [1.54, 1.807) is 6.07 Å². The number of benzene rings is 1. The van der Waals surface area contributed by atoms with Crippen LogP contribution in [0.25, 0.3) is 0 Å². The number of halogens is 2. The van der Waals surface area contributed by atoms with Crippen molar-refractivity contribution in [2.45, 2.75) is 4.90 Å². The molecule has 0 spiro atoms. The van der Waals surface area contributed by atoms with Crippen molar-refractivity contribution >= 4 is 38.6 Å². The van der Waals surface area contributed by atoms with Crippen LogP contribution in [0.1, 0.15) is 0 Å². The van der Waals surface area contributed by atoms with Gasteiger partial charge in [-0.3, -0.25) is 4.21 Å². The van der Waals surface area contributed by atoms with Crippen LogP contribution in [0.5, 0.6) is 5.75 Å². The Bertz CT molecular complexity index is 361. The van der Waals surface area contributed by atoms with E-state index in [0.29, 0.717) is 9.50 Å². The summed E-state index contributed by atoms with van der Waals surface area (Å²) in [6, 6.07) is 2.89. The third-order valence-corrected chi connectivity index (χ3v) is 2.83. The quantitative estimate of drug-likeness (QED) is 0.539. The molecule has 0 saturated heterocycles. The Kier molecular flexibility index (Phi) is 6.89. The van der Waals surface area contributed by atoms with Crippen molar-refractivity contribution in [1.29, 1.82) is 0 Å². The Hall–Kier alpha value is 0.900. The van der Waals surface area contributed by atoms with Gasteiger partial charge in [-0.05, 0) is 39.1 Å². The number of hydrogen-bond donors (Lipinski definition) is 0. The fourth-order valence-electron chi connectivity index (χ4n) is 0.859. The summed E-state index contributed by atoms with van der Waals surface area (Å²) in [4.78, 5) is 0.0434. The van der Waals surface area contributed by atoms with E-state index >= 15 is 0 Å². The molecular weight excluding hydrogens is 302 g/mol. The molecule has 0 bridgehead atoms. The van der Waals surface area contributed by atoms with E-state index in [1.165, 1.54) is 13.2 Å². The van der Waals surface area contributed by atoms with E-state index in [2.05, 4.69) is 15.9 Å². The normalized spacial score (nSPS) is 11.7. The topological polar surface area (TPSA) is 49.4 Å². The van der Waals surface area contributed by atoms with Crippen molar-refractivity contribution in [3.8, 4) is 5.75 Å². The first-order valence-corrected chi connectivity index (χ1v) is 5.43. The average Bonchev–Trinajstić information content (AvgIpc) is 2.02. The summed E-state index contributed by atoms with van der Waals surface area (Å²) >= 11 is 6.46. The number of ether oxygens (including phenoxy) is 1. The molecule has 0 heterocycles. The Morgan fingerprint density at radius 1 is 1.57 bits per heavy atom. The molecular formula is C7H5BrClNaO3S. The van der Waals surface area contributed by atoms with Gasteiger partial charge in [-0.15, -0.1) is 0 Å². The van der Waals surface area contributed by atoms with Crippen molar-refractivity contribution in [3.63, 3.8) is 0 Å². The standard InChI is InChI=1S/C7H6BrClO3S.Na/c1-12-7-5(8)2-4(9)3-6(7)13(10)11;/h2-3H,1H3,(H,10,11);/q;+1/p-1. The molecule has 1 unspecified atom stereocenters. The van der Waals surface area contributed by atoms with Gasteiger partial charge in [0.25, 0.3) is 0 Å². The fourth-order valence-corrected chi connectivity index (χ4v) is 2.59. The molecule has 14 heavy (non-hydrogen) atoms. The maximum Gasteiger partial charge on any atom is 1.00 e. The summed E-state index contributed by atoms with van der Waals surface area (Å²) < 4.78 is 26.9. The van der Waals surface area contributed by atoms with Gasteiger partial charge in [0.2, 0.25) is 0 Å². The first kappa shape index (κ1) is 14.9. The molecule has 0 aromatic heterocycles. The minimum absolute atomic E-state index is 0. The van der Waals surface area contributed by atoms with Crippen LogP contribution >= 0.6 is 27.5 Å². The second-order valence-electron chi connectivity index (χ2n) is 2.15. The van der Waals surface area contributed by atoms with Crippen molar-refractivity contribution < 1.29 is 43.1 Å². The van der Waals surface area contributed by atoms with Crippen LogP contribution in [0, 0.1) is 0 Å². The molecule has 1 aromatic rings. The van der Waals surface area contributed by atoms with Crippen LogP contribution in [-0.4, -0.2) is 15.9 Å². The van der Waals surface area contributed by atoms with Crippen LogP contribution in [0.2, 0.25) is 5.02 Å². The van der Waals surface area contributed by atoms with Gasteiger partial charge < -0.3 is 9.29 Å². The molecule has 0 aliphatic heterocycles. The predicted molar refractivity (Wildman–Crippen MR) is 52.9 cm³/mol. The zero-order valence-electron chi connectivity index (χ0n) is 7.54. The molecule has 1 atom stereocenters. The largest absolute Gasteiger partial charge is 1.00 e. The van der Waals surface area contributed by atoms with Crippen LogP contribution in [0.15, 0.2) is 21.5 Å². The third kappa shape index (κ3) is 3.48. The zero-order valence-corrected chi connectivity index (χ0v) is 12.7. The maximum absolute atomic E-state index is 10.7. The monoisotopic (exact) mass is 306 g/mol. The summed E-state index contributed by atoms with van der Waals surface area (Å²) in [6.45, 7) is 0. The minimum Gasteiger partial charge on any atom is -0.768 e. The van der Waals surface area contributed by atoms with Gasteiger partial charge in [-0.25, -0.2) is 0 Å². The minimum atomic E-state index is -2.35. The Morgan fingerprint density at radius 3 is 2.57 bits per heavy atom. The zero-order chi connectivity index (χ0) is 10.0. The molecule has 1 rings (SSSR count). The molecule has 0 saturated carbocycles. The molecule has 0 radical (unpaired) electrons. The Labute approximate surface area is 120 Å². The fraction of sp³-hybridized carbons (Fsp3) is 0.143. The van der Waals surface area contributed by atoms with Crippen LogP contribution in [-0.2, 0) is 11.1 Å². The van der Waals surface area contributed by atoms with Crippen molar-refractivity contribution in [3.05, 3.63) is 21.6 Å². The van der Waals surface area contributed by atoms with E-state index in [9.17, 15) is 8.76 Å². The summed E-state index contributed by atoms with van der Waals surface area (Å²) in [7, 11) is 1.39. The van der Waals surface area contributed by atoms with Crippen LogP contribution in [0.4, 0.5) is 0 Å². The van der Waals surface area contributed by atoms with Crippen molar-refractivity contribution in [1.82, 2.24) is 0 Å². The van der Waals surface area contributed by atoms with Crippen LogP contribution in [0.3, 0.4) is 0 Å². The van der Waals surface area contributed by atoms with Gasteiger partial charge in [0.15, 0.2) is 0 Å². The summed E-state index contributed by atoms with van der Waals surface area (Å²) in [5.74, 6) is 0.262. The molecule has 0 N–H and O–H groups in total. The third-order valence-electron chi connectivity index (χ3n) is 1.36. The van der Waals surface area contributed by atoms with E-state index in [-0.39, 0.29) is 40.2 Å². The molecule has 0 fully saturated rings. The molecule has 7 heteroatoms. The van der Waals surface area contributed by atoms with Gasteiger partial charge in [0, 0.05) is 5.02 Å². The SMILES string of the molecule is COc1c(Br)cc(Cl)cc1S(=O)[O-].[Na+]. The number of methoxy groups -OCH3 is 1. The van der Waals surface area contributed by atoms with Gasteiger partial charge in [-0.2, -0.15) is 0 Å². The summed E-state index contributed by atoms with van der Waals surface area (Å²) in [5.41, 5.74) is 0. The second kappa shape index (κ2) is 6.48. The number of rotatable bonds is 2. The maximum atomic E-state index is 10.7. The summed E-state index contributed by atoms with van der Waals surface area (Å²) in [6.07, 6.45) is 0. The van der Waals surface area contributed by atoms with Crippen molar-refractivity contribution in [2.75, 3.05) is 7.11 Å². The van der Waals surface area contributed by atoms with Crippen molar-refractivity contribution in [2.24, 2.45) is 0 Å². The first-order valence-electron chi connectivity index (χ1n) is 3.18. The van der Waals surface area contributed by atoms with E-state index < -0.39 is 11.1 Å². The summed E-state index contributed by atoms with van der Waals surface area (Å²) in [5, 5.41) is 0.340. The Morgan fingerprint density at radius 2 is 2.14 bits per heavy atom. The molecule has 0 aliphatic rings. The smallest absolute Gasteiger partial charge is 0.768 e. The van der Waals surface area contributed by atoms with E-state index in [4.69, 9.17) is 16.3 Å². The van der Waals surface area contributed by atoms with Crippen LogP contribution < -0.4 is 34.3 Å². The number of hydrogen-bond acceptors (Lipinski definition) is 3. The van der Waals surface area contributed by atoms with Gasteiger partial charge in [-0.1, -0.05) is 11.6 Å². The van der Waals surface area contributed by atoms with E-state index in [1.807, 2.05) is 0 Å².